The van der Waals surface area contributed by atoms with Gasteiger partial charge in [0.15, 0.2) is 16.7 Å². The Morgan fingerprint density at radius 1 is 1.16 bits per heavy atom. The number of carbonyl (C=O) groups is 2. The predicted octanol–water partition coefficient (Wildman–Crippen LogP) is 6.17. The van der Waals surface area contributed by atoms with Crippen molar-refractivity contribution in [1.82, 2.24) is 4.98 Å². The molecule has 1 aliphatic rings. The van der Waals surface area contributed by atoms with Gasteiger partial charge in [-0.2, -0.15) is 0 Å². The fourth-order valence-corrected chi connectivity index (χ4v) is 5.29. The van der Waals surface area contributed by atoms with Crippen LogP contribution in [0.2, 0.25) is 0 Å². The van der Waals surface area contributed by atoms with Crippen molar-refractivity contribution in [2.24, 2.45) is 0 Å². The lowest BCUT2D eigenvalue weighted by atomic mass is 9.95. The molecule has 1 amide bonds. The van der Waals surface area contributed by atoms with E-state index in [1.54, 1.807) is 50.4 Å². The molecule has 0 bridgehead atoms. The minimum absolute atomic E-state index is 0.0445. The second-order valence-corrected chi connectivity index (χ2v) is 9.69. The first kappa shape index (κ1) is 24.6. The zero-order valence-corrected chi connectivity index (χ0v) is 21.5. The Hall–Kier alpha value is -4.11. The average Bonchev–Trinajstić information content (AvgIpc) is 3.59. The number of thiazole rings is 1. The molecule has 8 nitrogen and oxygen atoms in total. The smallest absolute Gasteiger partial charge is 0.296 e. The number of carbonyl (C=O) groups excluding carboxylic acids is 2. The first-order valence-electron chi connectivity index (χ1n) is 12.0. The number of aliphatic hydroxyl groups excluding tert-OH is 1. The van der Waals surface area contributed by atoms with Crippen LogP contribution in [-0.4, -0.2) is 35.5 Å². The summed E-state index contributed by atoms with van der Waals surface area (Å²) < 4.78 is 17.6. The SMILES string of the molecule is CCCCOc1cccc(C2C(C(=O)c3ccc(C)o3)=C(O)C(=O)N2c2nc3ccc(OC)cc3s2)c1. The van der Waals surface area contributed by atoms with Crippen molar-refractivity contribution in [2.45, 2.75) is 32.7 Å². The Morgan fingerprint density at radius 3 is 2.73 bits per heavy atom. The van der Waals surface area contributed by atoms with Crippen molar-refractivity contribution < 1.29 is 28.6 Å². The number of aryl methyl sites for hydroxylation is 1. The average molecular weight is 519 g/mol. The van der Waals surface area contributed by atoms with E-state index in [1.807, 2.05) is 12.1 Å². The van der Waals surface area contributed by atoms with E-state index in [0.29, 0.717) is 40.1 Å². The molecule has 0 radical (unpaired) electrons. The molecule has 2 aromatic carbocycles. The van der Waals surface area contributed by atoms with Gasteiger partial charge < -0.3 is 19.0 Å². The lowest BCUT2D eigenvalue weighted by Gasteiger charge is -2.24. The highest BCUT2D eigenvalue weighted by Gasteiger charge is 2.46. The zero-order valence-electron chi connectivity index (χ0n) is 20.7. The molecule has 0 aliphatic carbocycles. The number of anilines is 1. The van der Waals surface area contributed by atoms with Crippen LogP contribution in [0, 0.1) is 6.92 Å². The summed E-state index contributed by atoms with van der Waals surface area (Å²) in [5.41, 5.74) is 1.21. The Bertz CT molecular complexity index is 1520. The number of aromatic nitrogens is 1. The van der Waals surface area contributed by atoms with Gasteiger partial charge in [-0.15, -0.1) is 0 Å². The van der Waals surface area contributed by atoms with Crippen molar-refractivity contribution in [1.29, 1.82) is 0 Å². The van der Waals surface area contributed by atoms with Crippen LogP contribution in [0.15, 0.2) is 70.3 Å². The van der Waals surface area contributed by atoms with Gasteiger partial charge in [-0.25, -0.2) is 4.98 Å². The number of furan rings is 1. The highest BCUT2D eigenvalue weighted by molar-refractivity contribution is 7.22. The molecule has 0 fully saturated rings. The van der Waals surface area contributed by atoms with E-state index in [0.717, 1.165) is 17.5 Å². The second-order valence-electron chi connectivity index (χ2n) is 8.68. The van der Waals surface area contributed by atoms with E-state index < -0.39 is 23.5 Å². The summed E-state index contributed by atoms with van der Waals surface area (Å²) in [7, 11) is 1.58. The highest BCUT2D eigenvalue weighted by Crippen LogP contribution is 2.45. The molecule has 3 heterocycles. The third kappa shape index (κ3) is 4.58. The molecule has 0 spiro atoms. The summed E-state index contributed by atoms with van der Waals surface area (Å²) >= 11 is 1.27. The van der Waals surface area contributed by atoms with Gasteiger partial charge in [0, 0.05) is 0 Å². The van der Waals surface area contributed by atoms with Crippen LogP contribution in [0.25, 0.3) is 10.2 Å². The van der Waals surface area contributed by atoms with Crippen molar-refractivity contribution in [3.63, 3.8) is 0 Å². The number of hydrogen-bond donors (Lipinski definition) is 1. The summed E-state index contributed by atoms with van der Waals surface area (Å²) in [4.78, 5) is 33.1. The second kappa shape index (κ2) is 10.1. The normalized spacial score (nSPS) is 15.6. The quantitative estimate of drug-likeness (QED) is 0.209. The van der Waals surface area contributed by atoms with E-state index in [9.17, 15) is 14.7 Å². The molecule has 1 N–H and O–H groups in total. The number of hydrogen-bond acceptors (Lipinski definition) is 8. The Kier molecular flexibility index (Phi) is 6.71. The summed E-state index contributed by atoms with van der Waals surface area (Å²) in [6, 6.07) is 14.9. The number of unbranched alkanes of at least 4 members (excludes halogenated alkanes) is 1. The molecule has 4 aromatic rings. The van der Waals surface area contributed by atoms with Gasteiger partial charge >= 0.3 is 0 Å². The maximum atomic E-state index is 13.6. The number of fused-ring (bicyclic) bond motifs is 1. The molecular weight excluding hydrogens is 492 g/mol. The van der Waals surface area contributed by atoms with Gasteiger partial charge in [-0.3, -0.25) is 14.5 Å². The molecule has 0 saturated carbocycles. The Morgan fingerprint density at radius 2 is 2.00 bits per heavy atom. The minimum Gasteiger partial charge on any atom is -0.503 e. The molecule has 37 heavy (non-hydrogen) atoms. The molecule has 9 heteroatoms. The number of aliphatic hydroxyl groups is 1. The maximum Gasteiger partial charge on any atom is 0.296 e. The van der Waals surface area contributed by atoms with Crippen LogP contribution in [-0.2, 0) is 4.79 Å². The van der Waals surface area contributed by atoms with Gasteiger partial charge in [0.05, 0.1) is 35.5 Å². The van der Waals surface area contributed by atoms with Crippen molar-refractivity contribution >= 4 is 38.4 Å². The van der Waals surface area contributed by atoms with Gasteiger partial charge in [-0.1, -0.05) is 36.8 Å². The number of nitrogens with zero attached hydrogens (tertiary/aromatic N) is 2. The van der Waals surface area contributed by atoms with Crippen LogP contribution >= 0.6 is 11.3 Å². The number of benzene rings is 2. The van der Waals surface area contributed by atoms with Gasteiger partial charge in [0.1, 0.15) is 17.3 Å². The van der Waals surface area contributed by atoms with Crippen LogP contribution in [0.4, 0.5) is 5.13 Å². The summed E-state index contributed by atoms with van der Waals surface area (Å²) in [6.07, 6.45) is 1.89. The summed E-state index contributed by atoms with van der Waals surface area (Å²) in [5.74, 6) is -0.0336. The lowest BCUT2D eigenvalue weighted by Crippen LogP contribution is -2.31. The van der Waals surface area contributed by atoms with E-state index in [2.05, 4.69) is 11.9 Å². The van der Waals surface area contributed by atoms with Crippen LogP contribution in [0.3, 0.4) is 0 Å². The monoisotopic (exact) mass is 518 g/mol. The van der Waals surface area contributed by atoms with Gasteiger partial charge in [0.25, 0.3) is 5.91 Å². The predicted molar refractivity (Wildman–Crippen MR) is 141 cm³/mol. The van der Waals surface area contributed by atoms with Crippen molar-refractivity contribution in [2.75, 3.05) is 18.6 Å². The first-order valence-corrected chi connectivity index (χ1v) is 12.8. The molecule has 1 unspecified atom stereocenters. The number of rotatable bonds is 9. The molecule has 0 saturated heterocycles. The third-order valence-corrected chi connectivity index (χ3v) is 7.17. The van der Waals surface area contributed by atoms with E-state index in [1.165, 1.54) is 22.3 Å². The van der Waals surface area contributed by atoms with Crippen LogP contribution < -0.4 is 14.4 Å². The third-order valence-electron chi connectivity index (χ3n) is 6.15. The topological polar surface area (TPSA) is 102 Å². The maximum absolute atomic E-state index is 13.6. The number of amides is 1. The highest BCUT2D eigenvalue weighted by atomic mass is 32.1. The fourth-order valence-electron chi connectivity index (χ4n) is 4.27. The van der Waals surface area contributed by atoms with Gasteiger partial charge in [0.2, 0.25) is 5.78 Å². The standard InChI is InChI=1S/C28H26N2O6S/c1-4-5-13-35-19-8-6-7-17(14-19)24-23(25(31)21-12-9-16(2)36-21)26(32)27(33)30(24)28-29-20-11-10-18(34-3)15-22(20)37-28/h6-12,14-15,24,32H,4-5,13H2,1-3H3. The molecular formula is C28H26N2O6S. The van der Waals surface area contributed by atoms with Gasteiger partial charge in [-0.05, 0) is 61.4 Å². The molecule has 2 aromatic heterocycles. The van der Waals surface area contributed by atoms with E-state index >= 15 is 0 Å². The zero-order chi connectivity index (χ0) is 26.1. The largest absolute Gasteiger partial charge is 0.503 e. The fraction of sp³-hybridized carbons (Fsp3) is 0.250. The van der Waals surface area contributed by atoms with Crippen LogP contribution in [0.5, 0.6) is 11.5 Å². The molecule has 5 rings (SSSR count). The molecule has 190 valence electrons. The summed E-state index contributed by atoms with van der Waals surface area (Å²) in [5, 5.41) is 11.4. The lowest BCUT2D eigenvalue weighted by molar-refractivity contribution is -0.117. The van der Waals surface area contributed by atoms with Crippen LogP contribution in [0.1, 0.15) is 47.7 Å². The number of ketones is 1. The van der Waals surface area contributed by atoms with Crippen molar-refractivity contribution in [3.05, 3.63) is 83.0 Å². The first-order chi connectivity index (χ1) is 17.9. The molecule has 1 aliphatic heterocycles. The number of ether oxygens (including phenoxy) is 2. The van der Waals surface area contributed by atoms with E-state index in [-0.39, 0.29) is 11.3 Å². The Labute approximate surface area is 217 Å². The van der Waals surface area contributed by atoms with Crippen molar-refractivity contribution in [3.8, 4) is 11.5 Å². The van der Waals surface area contributed by atoms with E-state index in [4.69, 9.17) is 13.9 Å². The minimum atomic E-state index is -0.928. The Balaban J connectivity index is 1.62. The number of Topliss-reactive ketones (excluding diaryl/α,β-unsaturated/α-hetero) is 1. The molecule has 1 atom stereocenters. The number of methoxy groups -OCH3 is 1. The summed E-state index contributed by atoms with van der Waals surface area (Å²) in [6.45, 7) is 4.35.